The predicted molar refractivity (Wildman–Crippen MR) is 70.9 cm³/mol. The molecule has 0 aromatic rings. The molecular weight excluding hydrogens is 230 g/mol. The molecule has 1 aliphatic carbocycles. The van der Waals surface area contributed by atoms with Crippen molar-refractivity contribution < 1.29 is 9.59 Å². The molecule has 0 bridgehead atoms. The lowest BCUT2D eigenvalue weighted by molar-refractivity contribution is -0.125. The van der Waals surface area contributed by atoms with Crippen LogP contribution in [0, 0.1) is 5.92 Å². The van der Waals surface area contributed by atoms with Crippen LogP contribution in [0.1, 0.15) is 45.4 Å². The zero-order valence-corrected chi connectivity index (χ0v) is 11.2. The van der Waals surface area contributed by atoms with Crippen LogP contribution in [-0.4, -0.2) is 30.9 Å². The van der Waals surface area contributed by atoms with Gasteiger partial charge in [0, 0.05) is 24.9 Å². The summed E-state index contributed by atoms with van der Waals surface area (Å²) in [7, 11) is 0. The van der Waals surface area contributed by atoms with Gasteiger partial charge in [-0.1, -0.05) is 6.92 Å². The van der Waals surface area contributed by atoms with E-state index in [4.69, 9.17) is 5.73 Å². The van der Waals surface area contributed by atoms with Crippen molar-refractivity contribution in [2.45, 2.75) is 51.5 Å². The average molecular weight is 255 g/mol. The molecule has 1 fully saturated rings. The zero-order valence-electron chi connectivity index (χ0n) is 11.2. The molecule has 5 nitrogen and oxygen atoms in total. The Kier molecular flexibility index (Phi) is 6.72. The molecule has 1 unspecified atom stereocenters. The number of nitrogens with one attached hydrogen (secondary N) is 2. The minimum absolute atomic E-state index is 0.00819. The summed E-state index contributed by atoms with van der Waals surface area (Å²) in [5, 5.41) is 5.78. The van der Waals surface area contributed by atoms with Crippen molar-refractivity contribution in [2.24, 2.45) is 11.7 Å². The molecule has 1 saturated carbocycles. The lowest BCUT2D eigenvalue weighted by Crippen LogP contribution is -2.31. The Balaban J connectivity index is 1.98. The van der Waals surface area contributed by atoms with Gasteiger partial charge in [-0.15, -0.1) is 0 Å². The molecule has 104 valence electrons. The fraction of sp³-hybridized carbons (Fsp3) is 0.846. The maximum Gasteiger partial charge on any atom is 0.222 e. The van der Waals surface area contributed by atoms with Gasteiger partial charge in [-0.2, -0.15) is 0 Å². The van der Waals surface area contributed by atoms with E-state index in [2.05, 4.69) is 10.6 Å². The molecule has 0 aromatic carbocycles. The van der Waals surface area contributed by atoms with E-state index in [-0.39, 0.29) is 17.7 Å². The second kappa shape index (κ2) is 8.08. The Morgan fingerprint density at radius 3 is 2.67 bits per heavy atom. The maximum absolute atomic E-state index is 11.6. The second-order valence-corrected chi connectivity index (χ2v) is 5.07. The maximum atomic E-state index is 11.6. The Morgan fingerprint density at radius 1 is 1.33 bits per heavy atom. The first kappa shape index (κ1) is 15.0. The highest BCUT2D eigenvalue weighted by molar-refractivity contribution is 5.78. The van der Waals surface area contributed by atoms with E-state index in [9.17, 15) is 9.59 Å². The SMILES string of the molecule is CC(CCCN)C(=O)NCCCC(=O)NC1CC1. The van der Waals surface area contributed by atoms with Gasteiger partial charge in [0.1, 0.15) is 0 Å². The van der Waals surface area contributed by atoms with Crippen LogP contribution in [0.5, 0.6) is 0 Å². The standard InChI is InChI=1S/C13H25N3O2/c1-10(4-2-8-14)13(18)15-9-3-5-12(17)16-11-6-7-11/h10-11H,2-9,14H2,1H3,(H,15,18)(H,16,17). The number of rotatable bonds is 9. The van der Waals surface area contributed by atoms with Crippen molar-refractivity contribution in [2.75, 3.05) is 13.1 Å². The van der Waals surface area contributed by atoms with Gasteiger partial charge in [-0.3, -0.25) is 9.59 Å². The largest absolute Gasteiger partial charge is 0.356 e. The predicted octanol–water partition coefficient (Wildman–Crippen LogP) is 0.536. The minimum atomic E-state index is 0.00819. The Bertz CT molecular complexity index is 277. The van der Waals surface area contributed by atoms with Crippen LogP contribution in [0.2, 0.25) is 0 Å². The van der Waals surface area contributed by atoms with E-state index in [1.54, 1.807) is 0 Å². The van der Waals surface area contributed by atoms with Gasteiger partial charge in [-0.25, -0.2) is 0 Å². The van der Waals surface area contributed by atoms with Crippen LogP contribution >= 0.6 is 0 Å². The molecule has 0 aliphatic heterocycles. The third-order valence-electron chi connectivity index (χ3n) is 3.11. The summed E-state index contributed by atoms with van der Waals surface area (Å²) in [5.74, 6) is 0.169. The van der Waals surface area contributed by atoms with Crippen LogP contribution < -0.4 is 16.4 Å². The van der Waals surface area contributed by atoms with E-state index in [1.165, 1.54) is 0 Å². The first-order valence-electron chi connectivity index (χ1n) is 6.90. The van der Waals surface area contributed by atoms with Crippen molar-refractivity contribution in [3.63, 3.8) is 0 Å². The van der Waals surface area contributed by atoms with Crippen molar-refractivity contribution in [3.8, 4) is 0 Å². The zero-order chi connectivity index (χ0) is 13.4. The number of amides is 2. The van der Waals surface area contributed by atoms with Gasteiger partial charge < -0.3 is 16.4 Å². The van der Waals surface area contributed by atoms with E-state index in [0.29, 0.717) is 32.0 Å². The Labute approximate surface area is 109 Å². The lowest BCUT2D eigenvalue weighted by atomic mass is 10.0. The minimum Gasteiger partial charge on any atom is -0.356 e. The molecule has 5 heteroatoms. The smallest absolute Gasteiger partial charge is 0.222 e. The molecule has 1 rings (SSSR count). The summed E-state index contributed by atoms with van der Waals surface area (Å²) < 4.78 is 0. The Hall–Kier alpha value is -1.10. The number of nitrogens with two attached hydrogens (primary N) is 1. The van der Waals surface area contributed by atoms with Gasteiger partial charge in [-0.05, 0) is 38.6 Å². The van der Waals surface area contributed by atoms with E-state index >= 15 is 0 Å². The highest BCUT2D eigenvalue weighted by atomic mass is 16.2. The molecule has 1 aliphatic rings. The third-order valence-corrected chi connectivity index (χ3v) is 3.11. The number of carbonyl (C=O) groups is 2. The topological polar surface area (TPSA) is 84.2 Å². The van der Waals surface area contributed by atoms with Crippen LogP contribution in [0.4, 0.5) is 0 Å². The molecule has 2 amide bonds. The van der Waals surface area contributed by atoms with Crippen molar-refractivity contribution in [1.29, 1.82) is 0 Å². The first-order valence-corrected chi connectivity index (χ1v) is 6.90. The normalized spacial score (nSPS) is 16.1. The van der Waals surface area contributed by atoms with Gasteiger partial charge in [0.15, 0.2) is 0 Å². The summed E-state index contributed by atoms with van der Waals surface area (Å²) in [6.45, 7) is 3.10. The summed E-state index contributed by atoms with van der Waals surface area (Å²) in [4.78, 5) is 23.0. The van der Waals surface area contributed by atoms with Gasteiger partial charge in [0.05, 0.1) is 0 Å². The van der Waals surface area contributed by atoms with E-state index in [1.807, 2.05) is 6.92 Å². The first-order chi connectivity index (χ1) is 8.63. The summed E-state index contributed by atoms with van der Waals surface area (Å²) in [5.41, 5.74) is 5.40. The van der Waals surface area contributed by atoms with Crippen LogP contribution in [0.25, 0.3) is 0 Å². The number of hydrogen-bond donors (Lipinski definition) is 3. The summed E-state index contributed by atoms with van der Waals surface area (Å²) in [6.07, 6.45) is 5.12. The number of carbonyl (C=O) groups excluding carboxylic acids is 2. The lowest BCUT2D eigenvalue weighted by Gasteiger charge is -2.11. The van der Waals surface area contributed by atoms with Crippen LogP contribution in [0.3, 0.4) is 0 Å². The monoisotopic (exact) mass is 255 g/mol. The highest BCUT2D eigenvalue weighted by Gasteiger charge is 2.22. The van der Waals surface area contributed by atoms with Crippen molar-refractivity contribution in [3.05, 3.63) is 0 Å². The fourth-order valence-corrected chi connectivity index (χ4v) is 1.72. The third kappa shape index (κ3) is 6.59. The molecule has 0 spiro atoms. The highest BCUT2D eigenvalue weighted by Crippen LogP contribution is 2.18. The van der Waals surface area contributed by atoms with E-state index in [0.717, 1.165) is 25.7 Å². The Morgan fingerprint density at radius 2 is 2.06 bits per heavy atom. The molecule has 0 radical (unpaired) electrons. The molecule has 1 atom stereocenters. The second-order valence-electron chi connectivity index (χ2n) is 5.07. The van der Waals surface area contributed by atoms with Crippen LogP contribution in [-0.2, 0) is 9.59 Å². The average Bonchev–Trinajstić information content (AvgIpc) is 3.15. The van der Waals surface area contributed by atoms with Gasteiger partial charge in [0.2, 0.25) is 11.8 Å². The summed E-state index contributed by atoms with van der Waals surface area (Å²) >= 11 is 0. The quantitative estimate of drug-likeness (QED) is 0.526. The molecule has 0 saturated heterocycles. The molecule has 0 aromatic heterocycles. The van der Waals surface area contributed by atoms with Gasteiger partial charge >= 0.3 is 0 Å². The summed E-state index contributed by atoms with van der Waals surface area (Å²) in [6, 6.07) is 0.420. The van der Waals surface area contributed by atoms with E-state index < -0.39 is 0 Å². The molecule has 4 N–H and O–H groups in total. The van der Waals surface area contributed by atoms with Crippen molar-refractivity contribution >= 4 is 11.8 Å². The molecule has 18 heavy (non-hydrogen) atoms. The number of hydrogen-bond acceptors (Lipinski definition) is 3. The van der Waals surface area contributed by atoms with Gasteiger partial charge in [0.25, 0.3) is 0 Å². The molecular formula is C13H25N3O2. The van der Waals surface area contributed by atoms with Crippen molar-refractivity contribution in [1.82, 2.24) is 10.6 Å². The molecule has 0 heterocycles. The van der Waals surface area contributed by atoms with Crippen LogP contribution in [0.15, 0.2) is 0 Å². The fourth-order valence-electron chi connectivity index (χ4n) is 1.72.